The van der Waals surface area contributed by atoms with Gasteiger partial charge in [0.2, 0.25) is 5.78 Å². The minimum atomic E-state index is -4.89. The van der Waals surface area contributed by atoms with E-state index in [1.807, 2.05) is 0 Å². The molecule has 0 aliphatic heterocycles. The fraction of sp³-hybridized carbons (Fsp3) is 0.412. The van der Waals surface area contributed by atoms with Crippen molar-refractivity contribution in [2.75, 3.05) is 38.4 Å². The van der Waals surface area contributed by atoms with Crippen molar-refractivity contribution in [2.24, 2.45) is 16.6 Å². The van der Waals surface area contributed by atoms with Crippen LogP contribution < -0.4 is 26.0 Å². The van der Waals surface area contributed by atoms with Gasteiger partial charge in [-0.3, -0.25) is 19.3 Å². The number of benzene rings is 2. The number of rotatable bonds is 7. The number of urea groups is 1. The number of carbonyl (C=O) groups is 4. The maximum atomic E-state index is 14.5. The summed E-state index contributed by atoms with van der Waals surface area (Å²) in [4.78, 5) is 56.3. The molecule has 17 heteroatoms. The molecule has 0 saturated heterocycles. The van der Waals surface area contributed by atoms with Crippen LogP contribution in [0.4, 0.5) is 29.3 Å². The van der Waals surface area contributed by atoms with Gasteiger partial charge in [-0.25, -0.2) is 4.79 Å². The van der Waals surface area contributed by atoms with E-state index in [0.717, 1.165) is 12.1 Å². The highest BCUT2D eigenvalue weighted by Gasteiger charge is 2.72. The number of ketones is 2. The smallest absolute Gasteiger partial charge is 0.508 e. The number of amides is 3. The largest absolute Gasteiger partial charge is 0.573 e. The highest BCUT2D eigenvalue weighted by molar-refractivity contribution is 6.25. The number of nitrogens with zero attached hydrogens (tertiary/aromatic N) is 2. The van der Waals surface area contributed by atoms with Gasteiger partial charge in [-0.1, -0.05) is 13.8 Å². The molecule has 14 nitrogen and oxygen atoms in total. The second kappa shape index (κ2) is 12.2. The van der Waals surface area contributed by atoms with Crippen molar-refractivity contribution < 1.29 is 57.5 Å². The van der Waals surface area contributed by atoms with Crippen LogP contribution in [0.25, 0.3) is 5.76 Å². The number of hydrogen-bond donors (Lipinski definition) is 7. The number of nitrogens with two attached hydrogens (primary N) is 1. The van der Waals surface area contributed by atoms with Gasteiger partial charge in [-0.15, -0.1) is 13.2 Å². The van der Waals surface area contributed by atoms with Crippen molar-refractivity contribution in [1.82, 2.24) is 10.2 Å². The van der Waals surface area contributed by atoms with E-state index in [2.05, 4.69) is 15.4 Å². The van der Waals surface area contributed by atoms with Crippen LogP contribution in [0.5, 0.6) is 11.5 Å². The summed E-state index contributed by atoms with van der Waals surface area (Å²) in [5.74, 6) is -6.33. The van der Waals surface area contributed by atoms with E-state index in [-0.39, 0.29) is 41.8 Å². The number of carbonyl (C=O) groups excluding carboxylic acids is 4. The van der Waals surface area contributed by atoms with Crippen LogP contribution in [0.1, 0.15) is 37.0 Å². The topological polar surface area (TPSA) is 215 Å². The lowest BCUT2D eigenvalue weighted by atomic mass is 9.46. The minimum absolute atomic E-state index is 0.0178. The predicted molar refractivity (Wildman–Crippen MR) is 177 cm³/mol. The third kappa shape index (κ3) is 5.79. The number of aliphatic hydroxyl groups excluding tert-OH is 2. The zero-order valence-electron chi connectivity index (χ0n) is 28.5. The molecular weight excluding hydrogens is 679 g/mol. The summed E-state index contributed by atoms with van der Waals surface area (Å²) in [6, 6.07) is 3.87. The molecule has 4 atom stereocenters. The van der Waals surface area contributed by atoms with Gasteiger partial charge in [0.1, 0.15) is 28.6 Å². The van der Waals surface area contributed by atoms with Crippen molar-refractivity contribution in [2.45, 2.75) is 51.2 Å². The molecule has 3 aliphatic carbocycles. The summed E-state index contributed by atoms with van der Waals surface area (Å²) < 4.78 is 41.2. The molecule has 0 bridgehead atoms. The molecule has 0 heterocycles. The summed E-state index contributed by atoms with van der Waals surface area (Å²) in [5.41, 5.74) is -0.760. The van der Waals surface area contributed by atoms with Crippen LogP contribution in [-0.2, 0) is 27.3 Å². The molecule has 0 unspecified atom stereocenters. The Morgan fingerprint density at radius 1 is 1.06 bits per heavy atom. The molecule has 2 aromatic carbocycles. The summed E-state index contributed by atoms with van der Waals surface area (Å²) in [6.07, 6.45) is -5.02. The number of Topliss-reactive ketones (excluding diaryl/α,β-unsaturated/α-hetero) is 2. The Hall–Kier alpha value is -5.29. The lowest BCUT2D eigenvalue weighted by Gasteiger charge is -2.59. The molecule has 0 spiro atoms. The Morgan fingerprint density at radius 3 is 2.20 bits per heavy atom. The predicted octanol–water partition coefficient (Wildman–Crippen LogP) is 3.03. The van der Waals surface area contributed by atoms with E-state index in [0.29, 0.717) is 11.3 Å². The lowest BCUT2D eigenvalue weighted by Crippen LogP contribution is -2.72. The van der Waals surface area contributed by atoms with Gasteiger partial charge in [-0.05, 0) is 62.8 Å². The van der Waals surface area contributed by atoms with Gasteiger partial charge >= 0.3 is 12.4 Å². The fourth-order valence-corrected chi connectivity index (χ4v) is 8.05. The number of likely N-dealkylation sites (N-methyl/N-ethyl adjacent to an activating group) is 1. The molecular formula is C34H38F3N5O9. The second-order valence-electron chi connectivity index (χ2n) is 13.9. The van der Waals surface area contributed by atoms with Crippen LogP contribution in [-0.4, -0.2) is 95.0 Å². The van der Waals surface area contributed by atoms with Crippen LogP contribution >= 0.6 is 0 Å². The van der Waals surface area contributed by atoms with E-state index >= 15 is 0 Å². The quantitative estimate of drug-likeness (QED) is 0.207. The fourth-order valence-electron chi connectivity index (χ4n) is 8.05. The van der Waals surface area contributed by atoms with Crippen molar-refractivity contribution in [1.29, 1.82) is 0 Å². The number of primary amides is 1. The minimum Gasteiger partial charge on any atom is -0.508 e. The van der Waals surface area contributed by atoms with Gasteiger partial charge in [-0.2, -0.15) is 0 Å². The molecule has 274 valence electrons. The molecule has 0 aromatic heterocycles. The first kappa shape index (κ1) is 37.0. The van der Waals surface area contributed by atoms with Gasteiger partial charge in [0, 0.05) is 54.0 Å². The Morgan fingerprint density at radius 2 is 1.67 bits per heavy atom. The molecule has 3 aliphatic rings. The SMILES string of the molecule is CN(C)c1cc(CNC(=O)Nc2ccc(OC(F)(F)F)cc2)c(O)c2c1C[C@@]1(C)C[C@@]3(C)[C@H](N(C)C)C(=O)C(C(N)=O)=C(O)[C@@]3(O)C(=O)C1=C2O. The monoisotopic (exact) mass is 717 g/mol. The van der Waals surface area contributed by atoms with Gasteiger partial charge in [0.25, 0.3) is 5.91 Å². The Labute approximate surface area is 290 Å². The maximum Gasteiger partial charge on any atom is 0.573 e. The molecule has 2 aromatic rings. The Bertz CT molecular complexity index is 1920. The van der Waals surface area contributed by atoms with E-state index < -0.39 is 80.9 Å². The first-order chi connectivity index (χ1) is 23.5. The zero-order chi connectivity index (χ0) is 38.2. The maximum absolute atomic E-state index is 14.5. The number of aliphatic hydroxyl groups is 3. The van der Waals surface area contributed by atoms with E-state index in [1.54, 1.807) is 32.0 Å². The third-order valence-corrected chi connectivity index (χ3v) is 9.95. The highest BCUT2D eigenvalue weighted by atomic mass is 19.4. The van der Waals surface area contributed by atoms with Crippen LogP contribution in [0.2, 0.25) is 0 Å². The number of ether oxygens (including phenoxy) is 1. The van der Waals surface area contributed by atoms with Gasteiger partial charge < -0.3 is 46.4 Å². The first-order valence-electron chi connectivity index (χ1n) is 15.6. The number of halogens is 3. The molecule has 1 saturated carbocycles. The number of fused-ring (bicyclic) bond motifs is 3. The van der Waals surface area contributed by atoms with Gasteiger partial charge in [0.15, 0.2) is 11.4 Å². The van der Waals surface area contributed by atoms with E-state index in [9.17, 15) is 52.8 Å². The van der Waals surface area contributed by atoms with Gasteiger partial charge in [0.05, 0.1) is 11.6 Å². The molecule has 0 radical (unpaired) electrons. The highest BCUT2D eigenvalue weighted by Crippen LogP contribution is 2.63. The summed E-state index contributed by atoms with van der Waals surface area (Å²) in [7, 11) is 6.43. The van der Waals surface area contributed by atoms with E-state index in [1.165, 1.54) is 38.1 Å². The number of phenolic OH excluding ortho intramolecular Hbond substituents is 1. The zero-order valence-corrected chi connectivity index (χ0v) is 28.5. The number of hydrogen-bond acceptors (Lipinski definition) is 11. The summed E-state index contributed by atoms with van der Waals surface area (Å²) >= 11 is 0. The molecule has 3 amide bonds. The van der Waals surface area contributed by atoms with Crippen molar-refractivity contribution in [3.05, 3.63) is 63.9 Å². The molecule has 5 rings (SSSR count). The summed E-state index contributed by atoms with van der Waals surface area (Å²) in [6.45, 7) is 2.78. The molecule has 1 fully saturated rings. The van der Waals surface area contributed by atoms with Crippen LogP contribution in [0, 0.1) is 10.8 Å². The normalized spacial score (nSPS) is 26.0. The van der Waals surface area contributed by atoms with Crippen molar-refractivity contribution in [3.8, 4) is 11.5 Å². The number of anilines is 2. The number of nitrogens with one attached hydrogen (secondary N) is 2. The average molecular weight is 718 g/mol. The Balaban J connectivity index is 1.55. The standard InChI is InChI=1S/C34H38F3N5O9/c1-31-12-18-19(41(3)4)11-15(13-39-30(49)40-16-7-9-17(10-8-16)51-34(35,36)37)23(43)20(18)24(44)22(31)28(47)33(50)27(46)21(29(38)48)25(45)26(42(5)6)32(33,2)14-31/h7-11,26,43-44,46,50H,12-14H2,1-6H3,(H2,38,48)(H2,39,40,49)/t26-,31+,32+,33-/m1/s1. The lowest BCUT2D eigenvalue weighted by molar-refractivity contribution is -0.274. The average Bonchev–Trinajstić information content (AvgIpc) is 2.98. The van der Waals surface area contributed by atoms with Crippen LogP contribution in [0.3, 0.4) is 0 Å². The summed E-state index contributed by atoms with van der Waals surface area (Å²) in [5, 5.41) is 51.8. The Kier molecular flexibility index (Phi) is 8.84. The molecule has 51 heavy (non-hydrogen) atoms. The van der Waals surface area contributed by atoms with Crippen molar-refractivity contribution >= 4 is 40.6 Å². The molecule has 8 N–H and O–H groups in total. The number of alkyl halides is 3. The number of aromatic hydroxyl groups is 1. The van der Waals surface area contributed by atoms with Crippen molar-refractivity contribution in [3.63, 3.8) is 0 Å². The second-order valence-corrected chi connectivity index (χ2v) is 13.9. The first-order valence-corrected chi connectivity index (χ1v) is 15.6. The number of phenols is 1. The van der Waals surface area contributed by atoms with E-state index in [4.69, 9.17) is 5.73 Å². The van der Waals surface area contributed by atoms with Crippen LogP contribution in [0.15, 0.2) is 47.2 Å². The third-order valence-electron chi connectivity index (χ3n) is 9.95.